The van der Waals surface area contributed by atoms with Crippen LogP contribution in [0.4, 0.5) is 0 Å². The molecule has 0 saturated carbocycles. The molecule has 4 aromatic carbocycles. The summed E-state index contributed by atoms with van der Waals surface area (Å²) in [6, 6.07) is 42.5. The van der Waals surface area contributed by atoms with Crippen molar-refractivity contribution in [3.8, 4) is 0 Å². The van der Waals surface area contributed by atoms with E-state index in [9.17, 15) is 9.59 Å². The van der Waals surface area contributed by atoms with Gasteiger partial charge in [0.15, 0.2) is 0 Å². The van der Waals surface area contributed by atoms with Crippen LogP contribution in [0.3, 0.4) is 0 Å². The highest BCUT2D eigenvalue weighted by atomic mass is 28.4. The highest BCUT2D eigenvalue weighted by Gasteiger charge is 2.64. The number of carbonyl (C=O) groups excluding carboxylic acids is 2. The molecule has 3 saturated heterocycles. The van der Waals surface area contributed by atoms with Crippen molar-refractivity contribution in [2.24, 2.45) is 5.41 Å². The minimum atomic E-state index is -3.19. The lowest BCUT2D eigenvalue weighted by Gasteiger charge is -2.53. The Morgan fingerprint density at radius 3 is 1.43 bits per heavy atom. The van der Waals surface area contributed by atoms with Gasteiger partial charge in [-0.05, 0) is 64.4 Å². The Hall–Kier alpha value is -3.75. The lowest BCUT2D eigenvalue weighted by Crippen LogP contribution is -2.73. The molecule has 3 aliphatic rings. The van der Waals surface area contributed by atoms with Crippen molar-refractivity contribution < 1.29 is 37.4 Å². The van der Waals surface area contributed by atoms with E-state index >= 15 is 0 Å². The van der Waals surface area contributed by atoms with Crippen LogP contribution in [0, 0.1) is 5.41 Å². The summed E-state index contributed by atoms with van der Waals surface area (Å²) in [5.41, 5.74) is -0.593. The molecule has 0 aliphatic carbocycles. The Balaban J connectivity index is 1.35. The number of carbonyl (C=O) groups is 2. The normalized spacial score (nSPS) is 25.9. The first-order valence-corrected chi connectivity index (χ1v) is 26.0. The van der Waals surface area contributed by atoms with E-state index in [1.807, 2.05) is 32.9 Å². The SMILES string of the molecule is CC(C)(C)C(=O)OCCC1CC[C@@H]2O[C@@H]3[C@@H](O[C@H](CC=O)[C@@H]3O[Si](c3ccccc3)(c3ccccc3)C(C)(C)C)[C@@H](O[Si](c3ccccc3)(c3ccccc3)C(C)(C)C)[C@H]2O1. The molecule has 326 valence electrons. The Morgan fingerprint density at radius 1 is 0.590 bits per heavy atom. The zero-order valence-electron chi connectivity index (χ0n) is 37.5. The summed E-state index contributed by atoms with van der Waals surface area (Å²) >= 11 is 0. The number of ether oxygens (including phenoxy) is 4. The number of esters is 1. The number of rotatable bonds is 13. The van der Waals surface area contributed by atoms with E-state index in [-0.39, 0.29) is 41.3 Å². The number of hydrogen-bond acceptors (Lipinski definition) is 8. The van der Waals surface area contributed by atoms with Crippen LogP contribution in [0.1, 0.15) is 88.0 Å². The number of aldehydes is 1. The van der Waals surface area contributed by atoms with Crippen LogP contribution < -0.4 is 20.7 Å². The van der Waals surface area contributed by atoms with Crippen molar-refractivity contribution in [3.63, 3.8) is 0 Å². The maximum absolute atomic E-state index is 12.7. The van der Waals surface area contributed by atoms with Crippen molar-refractivity contribution in [1.82, 2.24) is 0 Å². The maximum atomic E-state index is 12.7. The van der Waals surface area contributed by atoms with Gasteiger partial charge in [0.25, 0.3) is 16.6 Å². The molecule has 4 aromatic rings. The van der Waals surface area contributed by atoms with Gasteiger partial charge in [-0.15, -0.1) is 0 Å². The van der Waals surface area contributed by atoms with Crippen LogP contribution >= 0.6 is 0 Å². The third-order valence-electron chi connectivity index (χ3n) is 12.9. The smallest absolute Gasteiger partial charge is 0.311 e. The molecular weight excluding hydrogens is 797 g/mol. The number of fused-ring (bicyclic) bond motifs is 2. The summed E-state index contributed by atoms with van der Waals surface area (Å²) in [6.07, 6.45) is -0.847. The second-order valence-electron chi connectivity index (χ2n) is 20.1. The van der Waals surface area contributed by atoms with E-state index < -0.39 is 58.7 Å². The van der Waals surface area contributed by atoms with Gasteiger partial charge in [-0.2, -0.15) is 0 Å². The third kappa shape index (κ3) is 8.92. The van der Waals surface area contributed by atoms with Crippen molar-refractivity contribution in [2.75, 3.05) is 6.61 Å². The zero-order chi connectivity index (χ0) is 43.6. The fourth-order valence-electron chi connectivity index (χ4n) is 9.95. The molecule has 1 unspecified atom stereocenters. The lowest BCUT2D eigenvalue weighted by atomic mass is 9.88. The van der Waals surface area contributed by atoms with Crippen molar-refractivity contribution in [1.29, 1.82) is 0 Å². The van der Waals surface area contributed by atoms with Gasteiger partial charge in [0.05, 0.1) is 30.3 Å². The van der Waals surface area contributed by atoms with Crippen LogP contribution in [0.25, 0.3) is 0 Å². The molecule has 61 heavy (non-hydrogen) atoms. The Kier molecular flexibility index (Phi) is 13.5. The van der Waals surface area contributed by atoms with Crippen molar-refractivity contribution in [2.45, 2.75) is 147 Å². The molecular formula is C51H66O8Si2. The summed E-state index contributed by atoms with van der Waals surface area (Å²) in [4.78, 5) is 25.4. The van der Waals surface area contributed by atoms with E-state index in [0.29, 0.717) is 6.42 Å². The van der Waals surface area contributed by atoms with Crippen LogP contribution in [0.15, 0.2) is 121 Å². The quantitative estimate of drug-likeness (QED) is 0.0776. The lowest BCUT2D eigenvalue weighted by molar-refractivity contribution is -0.255. The van der Waals surface area contributed by atoms with Crippen LogP contribution in [0.2, 0.25) is 10.1 Å². The van der Waals surface area contributed by atoms with Gasteiger partial charge in [-0.3, -0.25) is 4.79 Å². The highest BCUT2D eigenvalue weighted by molar-refractivity contribution is 7.00. The molecule has 0 radical (unpaired) electrons. The summed E-state index contributed by atoms with van der Waals surface area (Å²) in [6.45, 7) is 19.5. The molecule has 3 aliphatic heterocycles. The van der Waals surface area contributed by atoms with E-state index in [0.717, 1.165) is 39.9 Å². The monoisotopic (exact) mass is 862 g/mol. The fourth-order valence-corrected chi connectivity index (χ4v) is 19.4. The van der Waals surface area contributed by atoms with Gasteiger partial charge in [0, 0.05) is 12.8 Å². The van der Waals surface area contributed by atoms with Crippen LogP contribution in [-0.2, 0) is 37.4 Å². The molecule has 8 atom stereocenters. The van der Waals surface area contributed by atoms with Crippen molar-refractivity contribution >= 4 is 49.6 Å². The van der Waals surface area contributed by atoms with Gasteiger partial charge in [0.2, 0.25) is 0 Å². The van der Waals surface area contributed by atoms with E-state index in [2.05, 4.69) is 151 Å². The molecule has 0 N–H and O–H groups in total. The largest absolute Gasteiger partial charge is 0.465 e. The second kappa shape index (κ2) is 18.2. The van der Waals surface area contributed by atoms with E-state index in [4.69, 9.17) is 27.8 Å². The van der Waals surface area contributed by atoms with Crippen molar-refractivity contribution in [3.05, 3.63) is 121 Å². The van der Waals surface area contributed by atoms with E-state index in [1.165, 1.54) is 0 Å². The average Bonchev–Trinajstić information content (AvgIpc) is 3.57. The topological polar surface area (TPSA) is 89.5 Å². The maximum Gasteiger partial charge on any atom is 0.311 e. The second-order valence-corrected chi connectivity index (χ2v) is 28.7. The predicted octanol–water partition coefficient (Wildman–Crippen LogP) is 7.53. The number of hydrogen-bond donors (Lipinski definition) is 0. The predicted molar refractivity (Wildman–Crippen MR) is 246 cm³/mol. The van der Waals surface area contributed by atoms with Gasteiger partial charge in [0.1, 0.15) is 36.8 Å². The molecule has 0 aromatic heterocycles. The molecule has 3 fully saturated rings. The minimum absolute atomic E-state index is 0.142. The standard InChI is InChI=1S/C51H66O8Si2/c1-49(2,3)48(53)54-35-33-36-30-31-41-43(55-36)47(59-61(51(7,8)9,39-26-18-12-19-27-39)40-28-20-13-21-29-40)46-45(56-41)44(42(57-46)32-34-52)58-60(50(4,5)6,37-22-14-10-15-23-37)38-24-16-11-17-25-38/h10-29,34,36,41-47H,30-33,35H2,1-9H3/t36?,41-,42+,43-,44-,45-,46+,47-/m0/s1. The summed E-state index contributed by atoms with van der Waals surface area (Å²) in [7, 11) is -6.33. The third-order valence-corrected chi connectivity index (χ3v) is 22.9. The van der Waals surface area contributed by atoms with E-state index in [1.54, 1.807) is 0 Å². The molecule has 3 heterocycles. The summed E-state index contributed by atoms with van der Waals surface area (Å²) in [5, 5.41) is 3.94. The van der Waals surface area contributed by atoms with Crippen LogP contribution in [0.5, 0.6) is 0 Å². The average molecular weight is 863 g/mol. The van der Waals surface area contributed by atoms with Gasteiger partial charge >= 0.3 is 5.97 Å². The molecule has 8 nitrogen and oxygen atoms in total. The molecule has 0 bridgehead atoms. The fraction of sp³-hybridized carbons (Fsp3) is 0.490. The van der Waals surface area contributed by atoms with Gasteiger partial charge in [-0.25, -0.2) is 0 Å². The first kappa shape index (κ1) is 45.3. The molecule has 7 rings (SSSR count). The first-order valence-electron chi connectivity index (χ1n) is 22.2. The molecule has 0 amide bonds. The molecule has 0 spiro atoms. The Labute approximate surface area is 365 Å². The van der Waals surface area contributed by atoms with Gasteiger partial charge < -0.3 is 32.6 Å². The van der Waals surface area contributed by atoms with Crippen LogP contribution in [-0.4, -0.2) is 84.3 Å². The van der Waals surface area contributed by atoms with Gasteiger partial charge in [-0.1, -0.05) is 163 Å². The Bertz CT molecular complexity index is 1970. The summed E-state index contributed by atoms with van der Waals surface area (Å²) < 4.78 is 43.3. The Morgan fingerprint density at radius 2 is 1.02 bits per heavy atom. The number of benzene rings is 4. The minimum Gasteiger partial charge on any atom is -0.465 e. The zero-order valence-corrected chi connectivity index (χ0v) is 39.5. The molecule has 10 heteroatoms. The highest BCUT2D eigenvalue weighted by Crippen LogP contribution is 2.48. The summed E-state index contributed by atoms with van der Waals surface area (Å²) in [5.74, 6) is -0.231. The first-order chi connectivity index (χ1) is 29.0.